The molecule has 0 radical (unpaired) electrons. The van der Waals surface area contributed by atoms with Crippen LogP contribution in [0.2, 0.25) is 0 Å². The van der Waals surface area contributed by atoms with Gasteiger partial charge in [0.15, 0.2) is 5.78 Å². The third-order valence-corrected chi connectivity index (χ3v) is 8.32. The van der Waals surface area contributed by atoms with E-state index < -0.39 is 11.5 Å². The number of halogens is 1. The summed E-state index contributed by atoms with van der Waals surface area (Å²) >= 11 is 3.57. The number of aliphatic hydroxyl groups excluding tert-OH is 1. The van der Waals surface area contributed by atoms with E-state index in [-0.39, 0.29) is 29.4 Å². The number of hydrogen-bond donors (Lipinski definition) is 3. The van der Waals surface area contributed by atoms with E-state index in [1.807, 2.05) is 84.9 Å². The Balaban J connectivity index is 1.54. The number of rotatable bonds is 6. The predicted octanol–water partition coefficient (Wildman–Crippen LogP) is 6.38. The van der Waals surface area contributed by atoms with Gasteiger partial charge >= 0.3 is 0 Å². The molecule has 1 amide bonds. The van der Waals surface area contributed by atoms with E-state index in [4.69, 9.17) is 0 Å². The average molecular weight is 579 g/mol. The summed E-state index contributed by atoms with van der Waals surface area (Å²) < 4.78 is 0.815. The smallest absolute Gasteiger partial charge is 0.250 e. The van der Waals surface area contributed by atoms with E-state index in [9.17, 15) is 14.7 Å². The van der Waals surface area contributed by atoms with Crippen molar-refractivity contribution < 1.29 is 14.7 Å². The molecule has 1 saturated heterocycles. The maximum Gasteiger partial charge on any atom is 0.250 e. The van der Waals surface area contributed by atoms with Crippen LogP contribution in [0.1, 0.15) is 28.2 Å². The lowest BCUT2D eigenvalue weighted by molar-refractivity contribution is -0.129. The third-order valence-electron chi connectivity index (χ3n) is 7.82. The Morgan fingerprint density at radius 1 is 0.897 bits per heavy atom. The molecule has 5 nitrogen and oxygen atoms in total. The molecule has 0 bridgehead atoms. The number of carbonyl (C=O) groups is 2. The van der Waals surface area contributed by atoms with E-state index >= 15 is 0 Å². The first-order valence-corrected chi connectivity index (χ1v) is 13.7. The van der Waals surface area contributed by atoms with Crippen molar-refractivity contribution in [2.75, 3.05) is 5.32 Å². The van der Waals surface area contributed by atoms with E-state index in [0.29, 0.717) is 17.7 Å². The van der Waals surface area contributed by atoms with Crippen molar-refractivity contribution in [2.45, 2.75) is 23.9 Å². The minimum Gasteiger partial charge on any atom is -0.507 e. The first-order valence-electron chi connectivity index (χ1n) is 13.0. The quantitative estimate of drug-likeness (QED) is 0.183. The fourth-order valence-corrected chi connectivity index (χ4v) is 6.53. The fourth-order valence-electron chi connectivity index (χ4n) is 6.17. The zero-order valence-electron chi connectivity index (χ0n) is 21.1. The van der Waals surface area contributed by atoms with E-state index in [2.05, 4.69) is 38.7 Å². The summed E-state index contributed by atoms with van der Waals surface area (Å²) in [6, 6.07) is 34.4. The molecule has 194 valence electrons. The van der Waals surface area contributed by atoms with Crippen molar-refractivity contribution in [1.29, 1.82) is 0 Å². The molecule has 2 heterocycles. The number of allylic oxidation sites excluding steroid dienone is 1. The molecule has 0 unspecified atom stereocenters. The van der Waals surface area contributed by atoms with Crippen LogP contribution in [0.4, 0.5) is 5.69 Å². The van der Waals surface area contributed by atoms with Gasteiger partial charge in [0.05, 0.1) is 5.92 Å². The Morgan fingerprint density at radius 3 is 2.23 bits per heavy atom. The summed E-state index contributed by atoms with van der Waals surface area (Å²) in [5.74, 6) is -1.85. The zero-order chi connectivity index (χ0) is 27.0. The highest BCUT2D eigenvalue weighted by atomic mass is 79.9. The van der Waals surface area contributed by atoms with Crippen LogP contribution >= 0.6 is 15.9 Å². The zero-order valence-corrected chi connectivity index (χ0v) is 22.6. The van der Waals surface area contributed by atoms with Crippen LogP contribution in [-0.2, 0) is 21.5 Å². The number of ketones is 1. The number of aliphatic hydroxyl groups is 1. The molecule has 2 aliphatic rings. The summed E-state index contributed by atoms with van der Waals surface area (Å²) in [5, 5.41) is 17.7. The van der Waals surface area contributed by atoms with Crippen LogP contribution in [0.15, 0.2) is 120 Å². The van der Waals surface area contributed by atoms with Crippen molar-refractivity contribution in [3.63, 3.8) is 0 Å². The Hall–Kier alpha value is -4.00. The second kappa shape index (κ2) is 10.3. The largest absolute Gasteiger partial charge is 0.507 e. The van der Waals surface area contributed by atoms with Crippen molar-refractivity contribution >= 4 is 39.1 Å². The summed E-state index contributed by atoms with van der Waals surface area (Å²) in [6.45, 7) is 0. The number of amides is 1. The second-order valence-electron chi connectivity index (χ2n) is 10.1. The summed E-state index contributed by atoms with van der Waals surface area (Å²) in [7, 11) is 0. The maximum absolute atomic E-state index is 14.3. The van der Waals surface area contributed by atoms with Crippen molar-refractivity contribution in [3.05, 3.63) is 142 Å². The molecule has 0 aliphatic carbocycles. The molecule has 39 heavy (non-hydrogen) atoms. The van der Waals surface area contributed by atoms with Crippen LogP contribution < -0.4 is 10.6 Å². The van der Waals surface area contributed by atoms with Crippen LogP contribution in [0.5, 0.6) is 0 Å². The molecule has 0 saturated carbocycles. The molecular weight excluding hydrogens is 552 g/mol. The van der Waals surface area contributed by atoms with Gasteiger partial charge in [0.2, 0.25) is 5.91 Å². The highest BCUT2D eigenvalue weighted by molar-refractivity contribution is 9.10. The Bertz CT molecular complexity index is 1560. The number of benzene rings is 4. The molecule has 1 fully saturated rings. The number of fused-ring (bicyclic) bond motifs is 2. The summed E-state index contributed by atoms with van der Waals surface area (Å²) in [4.78, 5) is 28.3. The van der Waals surface area contributed by atoms with Gasteiger partial charge in [0.25, 0.3) is 0 Å². The van der Waals surface area contributed by atoms with Gasteiger partial charge in [0, 0.05) is 39.3 Å². The molecule has 1 spiro atoms. The summed E-state index contributed by atoms with van der Waals surface area (Å²) in [6.07, 6.45) is 1.91. The van der Waals surface area contributed by atoms with Crippen LogP contribution in [0.25, 0.3) is 5.76 Å². The van der Waals surface area contributed by atoms with Crippen LogP contribution in [0, 0.1) is 5.92 Å². The lowest BCUT2D eigenvalue weighted by Crippen LogP contribution is -2.51. The van der Waals surface area contributed by atoms with Gasteiger partial charge in [-0.05, 0) is 35.7 Å². The van der Waals surface area contributed by atoms with Crippen molar-refractivity contribution in [1.82, 2.24) is 5.32 Å². The molecular formula is C33H27BrN2O3. The number of nitrogens with one attached hydrogen (secondary N) is 2. The molecule has 4 aromatic rings. The van der Waals surface area contributed by atoms with Gasteiger partial charge in [0.1, 0.15) is 11.3 Å². The Kier molecular flexibility index (Phi) is 6.67. The lowest BCUT2D eigenvalue weighted by atomic mass is 9.70. The minimum absolute atomic E-state index is 0.123. The van der Waals surface area contributed by atoms with Crippen LogP contribution in [0.3, 0.4) is 0 Å². The first-order chi connectivity index (χ1) is 19.0. The third kappa shape index (κ3) is 4.50. The molecule has 6 rings (SSSR count). The number of carbonyl (C=O) groups excluding carboxylic acids is 2. The van der Waals surface area contributed by atoms with E-state index in [1.54, 1.807) is 12.1 Å². The molecule has 2 aliphatic heterocycles. The second-order valence-corrected chi connectivity index (χ2v) is 11.0. The van der Waals surface area contributed by atoms with Crippen molar-refractivity contribution in [3.8, 4) is 0 Å². The molecule has 4 aromatic carbocycles. The number of anilines is 1. The summed E-state index contributed by atoms with van der Waals surface area (Å²) in [5.41, 5.74) is 2.70. The Morgan fingerprint density at radius 2 is 1.54 bits per heavy atom. The van der Waals surface area contributed by atoms with Crippen molar-refractivity contribution in [2.24, 2.45) is 5.92 Å². The standard InChI is InChI=1S/C33H27BrN2O3/c34-24-16-17-26-25(19-24)33(32(39)35-26)31(29(38)20-28(37)22-12-6-2-7-13-22)30(23-14-8-3-9-15-23)27(36-33)18-21-10-4-1-5-11-21/h1-17,19-20,27,30-31,36-37H,18H2,(H,35,39)/b28-20-/t27-,30-,31+,33+/m1/s1. The molecule has 3 N–H and O–H groups in total. The Labute approximate surface area is 235 Å². The van der Waals surface area contributed by atoms with Gasteiger partial charge in [-0.15, -0.1) is 0 Å². The normalized spacial score (nSPS) is 24.0. The van der Waals surface area contributed by atoms with Gasteiger partial charge < -0.3 is 10.4 Å². The first kappa shape index (κ1) is 25.3. The number of hydrogen-bond acceptors (Lipinski definition) is 4. The molecule has 6 heteroatoms. The highest BCUT2D eigenvalue weighted by Gasteiger charge is 2.63. The molecule has 4 atom stereocenters. The van der Waals surface area contributed by atoms with Crippen LogP contribution in [-0.4, -0.2) is 22.8 Å². The van der Waals surface area contributed by atoms with Gasteiger partial charge in [-0.2, -0.15) is 0 Å². The van der Waals surface area contributed by atoms with Gasteiger partial charge in [-0.25, -0.2) is 0 Å². The van der Waals surface area contributed by atoms with E-state index in [0.717, 1.165) is 21.2 Å². The fraction of sp³-hybridized carbons (Fsp3) is 0.152. The minimum atomic E-state index is -1.32. The van der Waals surface area contributed by atoms with Gasteiger partial charge in [-0.3, -0.25) is 14.9 Å². The monoisotopic (exact) mass is 578 g/mol. The lowest BCUT2D eigenvalue weighted by Gasteiger charge is -2.30. The van der Waals surface area contributed by atoms with E-state index in [1.165, 1.54) is 6.08 Å². The predicted molar refractivity (Wildman–Crippen MR) is 156 cm³/mol. The average Bonchev–Trinajstić information content (AvgIpc) is 3.44. The molecule has 0 aromatic heterocycles. The van der Waals surface area contributed by atoms with Gasteiger partial charge in [-0.1, -0.05) is 107 Å². The SMILES string of the molecule is O=C(/C=C(\O)c1ccccc1)[C@H]1[C@H](c2ccccc2)[C@@H](Cc2ccccc2)N[C@]12C(=O)Nc1ccc(Br)cc12. The highest BCUT2D eigenvalue weighted by Crippen LogP contribution is 2.54. The topological polar surface area (TPSA) is 78.4 Å². The maximum atomic E-state index is 14.3.